The summed E-state index contributed by atoms with van der Waals surface area (Å²) in [5, 5.41) is 9.09. The number of methoxy groups -OCH3 is 1. The van der Waals surface area contributed by atoms with Crippen molar-refractivity contribution >= 4 is 11.7 Å². The van der Waals surface area contributed by atoms with Gasteiger partial charge in [0.25, 0.3) is 0 Å². The highest BCUT2D eigenvalue weighted by Crippen LogP contribution is 2.28. The average molecular weight is 369 g/mol. The molecule has 1 fully saturated rings. The molecule has 0 saturated carbocycles. The van der Waals surface area contributed by atoms with Crippen LogP contribution in [0.5, 0.6) is 5.75 Å². The predicted molar refractivity (Wildman–Crippen MR) is 106 cm³/mol. The summed E-state index contributed by atoms with van der Waals surface area (Å²) in [6, 6.07) is 15.7. The Labute approximate surface area is 160 Å². The molecule has 1 saturated heterocycles. The minimum absolute atomic E-state index is 0.294. The van der Waals surface area contributed by atoms with Gasteiger partial charge in [0.15, 0.2) is 0 Å². The van der Waals surface area contributed by atoms with Crippen LogP contribution in [0.15, 0.2) is 48.5 Å². The monoisotopic (exact) mass is 369 g/mol. The molecule has 5 heteroatoms. The van der Waals surface area contributed by atoms with Crippen molar-refractivity contribution < 1.29 is 19.4 Å². The van der Waals surface area contributed by atoms with Crippen molar-refractivity contribution in [3.8, 4) is 5.75 Å². The zero-order valence-corrected chi connectivity index (χ0v) is 15.9. The molecule has 1 aliphatic heterocycles. The largest absolute Gasteiger partial charge is 0.497 e. The van der Waals surface area contributed by atoms with Crippen LogP contribution >= 0.6 is 0 Å². The lowest BCUT2D eigenvalue weighted by Crippen LogP contribution is -2.45. The molecule has 1 unspecified atom stereocenters. The summed E-state index contributed by atoms with van der Waals surface area (Å²) in [7, 11) is 1.69. The van der Waals surface area contributed by atoms with Crippen molar-refractivity contribution in [3.05, 3.63) is 59.7 Å². The maximum absolute atomic E-state index is 11.1. The zero-order valence-electron chi connectivity index (χ0n) is 15.9. The average Bonchev–Trinajstić information content (AvgIpc) is 2.72. The molecule has 2 aromatic carbocycles. The van der Waals surface area contributed by atoms with Gasteiger partial charge in [0.1, 0.15) is 5.75 Å². The highest BCUT2D eigenvalue weighted by atomic mass is 16.5. The number of hydrogen-bond acceptors (Lipinski definition) is 4. The minimum atomic E-state index is -0.896. The smallest absolute Gasteiger partial charge is 0.335 e. The summed E-state index contributed by atoms with van der Waals surface area (Å²) in [5.74, 6) is 0.422. The second-order valence-corrected chi connectivity index (χ2v) is 7.03. The van der Waals surface area contributed by atoms with Crippen LogP contribution in [0.3, 0.4) is 0 Å². The van der Waals surface area contributed by atoms with Crippen LogP contribution < -0.4 is 9.64 Å². The molecular formula is C22H27NO4. The van der Waals surface area contributed by atoms with Gasteiger partial charge in [0, 0.05) is 12.2 Å². The fourth-order valence-corrected chi connectivity index (χ4v) is 3.59. The lowest BCUT2D eigenvalue weighted by molar-refractivity contribution is 0.0696. The normalized spacial score (nSPS) is 18.1. The molecule has 0 amide bonds. The number of morpholine rings is 1. The molecule has 2 atom stereocenters. The predicted octanol–water partition coefficient (Wildman–Crippen LogP) is 4.18. The number of benzene rings is 2. The van der Waals surface area contributed by atoms with E-state index in [-0.39, 0.29) is 0 Å². The minimum Gasteiger partial charge on any atom is -0.497 e. The van der Waals surface area contributed by atoms with Gasteiger partial charge in [-0.05, 0) is 60.7 Å². The molecule has 1 N–H and O–H groups in total. The Balaban J connectivity index is 1.65. The van der Waals surface area contributed by atoms with E-state index in [0.717, 1.165) is 30.8 Å². The lowest BCUT2D eigenvalue weighted by Gasteiger charge is -2.38. The molecule has 0 bridgehead atoms. The first-order chi connectivity index (χ1) is 13.1. The Bertz CT molecular complexity index is 759. The van der Waals surface area contributed by atoms with Gasteiger partial charge in [-0.15, -0.1) is 0 Å². The third-order valence-corrected chi connectivity index (χ3v) is 5.27. The highest BCUT2D eigenvalue weighted by molar-refractivity contribution is 5.88. The topological polar surface area (TPSA) is 59.0 Å². The fraction of sp³-hybridized carbons (Fsp3) is 0.409. The molecule has 2 aromatic rings. The Morgan fingerprint density at radius 2 is 2.07 bits per heavy atom. The Kier molecular flexibility index (Phi) is 6.35. The van der Waals surface area contributed by atoms with Crippen molar-refractivity contribution in [2.45, 2.75) is 31.7 Å². The maximum atomic E-state index is 11.1. The van der Waals surface area contributed by atoms with E-state index in [1.807, 2.05) is 24.3 Å². The molecule has 0 aromatic heterocycles. The van der Waals surface area contributed by atoms with Crippen molar-refractivity contribution in [2.75, 3.05) is 31.8 Å². The summed E-state index contributed by atoms with van der Waals surface area (Å²) in [4.78, 5) is 13.4. The number of ether oxygens (including phenoxy) is 2. The number of rotatable bonds is 7. The van der Waals surface area contributed by atoms with Crippen LogP contribution in [0, 0.1) is 0 Å². The standard InChI is InChI=1S/C22H27NO4/c1-16(18-4-3-5-21(14-18)26-2)6-9-20-15-27-13-12-23(20)19-10-7-17(8-11-19)22(24)25/h3-5,7-8,10-11,14,16,20H,6,9,12-13,15H2,1-2H3,(H,24,25)/t16-,20?/m0/s1. The first kappa shape index (κ1) is 19.2. The lowest BCUT2D eigenvalue weighted by atomic mass is 9.93. The van der Waals surface area contributed by atoms with Crippen LogP contribution in [0.1, 0.15) is 41.6 Å². The second-order valence-electron chi connectivity index (χ2n) is 7.03. The molecular weight excluding hydrogens is 342 g/mol. The Morgan fingerprint density at radius 1 is 1.30 bits per heavy atom. The van der Waals surface area contributed by atoms with Gasteiger partial charge in [-0.3, -0.25) is 0 Å². The summed E-state index contributed by atoms with van der Waals surface area (Å²) in [6.45, 7) is 4.46. The van der Waals surface area contributed by atoms with Crippen molar-refractivity contribution in [3.63, 3.8) is 0 Å². The zero-order chi connectivity index (χ0) is 19.2. The van der Waals surface area contributed by atoms with Gasteiger partial charge in [-0.1, -0.05) is 19.1 Å². The molecule has 5 nitrogen and oxygen atoms in total. The van der Waals surface area contributed by atoms with Crippen LogP contribution in [-0.4, -0.2) is 44.0 Å². The van der Waals surface area contributed by atoms with Crippen LogP contribution in [0.4, 0.5) is 5.69 Å². The third kappa shape index (κ3) is 4.80. The van der Waals surface area contributed by atoms with Gasteiger partial charge >= 0.3 is 5.97 Å². The Morgan fingerprint density at radius 3 is 2.78 bits per heavy atom. The number of aromatic carboxylic acids is 1. The molecule has 27 heavy (non-hydrogen) atoms. The van der Waals surface area contributed by atoms with Crippen LogP contribution in [0.2, 0.25) is 0 Å². The quantitative estimate of drug-likeness (QED) is 0.793. The van der Waals surface area contributed by atoms with Gasteiger partial charge in [-0.25, -0.2) is 4.79 Å². The molecule has 144 valence electrons. The van der Waals surface area contributed by atoms with Crippen molar-refractivity contribution in [1.82, 2.24) is 0 Å². The highest BCUT2D eigenvalue weighted by Gasteiger charge is 2.24. The van der Waals surface area contributed by atoms with E-state index >= 15 is 0 Å². The molecule has 1 aliphatic rings. The van der Waals surface area contributed by atoms with E-state index < -0.39 is 5.97 Å². The Hall–Kier alpha value is -2.53. The number of carbonyl (C=O) groups is 1. The molecule has 0 radical (unpaired) electrons. The number of hydrogen-bond donors (Lipinski definition) is 1. The summed E-state index contributed by atoms with van der Waals surface area (Å²) < 4.78 is 11.0. The van der Waals surface area contributed by atoms with Crippen LogP contribution in [0.25, 0.3) is 0 Å². The van der Waals surface area contributed by atoms with Gasteiger partial charge in [0.05, 0.1) is 31.9 Å². The van der Waals surface area contributed by atoms with Gasteiger partial charge in [-0.2, -0.15) is 0 Å². The van der Waals surface area contributed by atoms with Crippen molar-refractivity contribution in [1.29, 1.82) is 0 Å². The molecule has 0 aliphatic carbocycles. The van der Waals surface area contributed by atoms with Crippen molar-refractivity contribution in [2.24, 2.45) is 0 Å². The van der Waals surface area contributed by atoms with E-state index in [1.54, 1.807) is 19.2 Å². The first-order valence-corrected chi connectivity index (χ1v) is 9.40. The SMILES string of the molecule is COc1cccc([C@@H](C)CCC2COCCN2c2ccc(C(=O)O)cc2)c1. The molecule has 3 rings (SSSR count). The van der Waals surface area contributed by atoms with E-state index in [4.69, 9.17) is 14.6 Å². The van der Waals surface area contributed by atoms with E-state index in [9.17, 15) is 4.79 Å². The van der Waals surface area contributed by atoms with E-state index in [2.05, 4.69) is 24.0 Å². The van der Waals surface area contributed by atoms with E-state index in [0.29, 0.717) is 30.7 Å². The first-order valence-electron chi connectivity index (χ1n) is 9.40. The third-order valence-electron chi connectivity index (χ3n) is 5.27. The van der Waals surface area contributed by atoms with E-state index in [1.165, 1.54) is 5.56 Å². The molecule has 0 spiro atoms. The number of anilines is 1. The second kappa shape index (κ2) is 8.91. The fourth-order valence-electron chi connectivity index (χ4n) is 3.59. The number of nitrogens with zero attached hydrogens (tertiary/aromatic N) is 1. The van der Waals surface area contributed by atoms with Gasteiger partial charge in [0.2, 0.25) is 0 Å². The number of carboxylic acid groups (broad SMARTS) is 1. The summed E-state index contributed by atoms with van der Waals surface area (Å²) >= 11 is 0. The maximum Gasteiger partial charge on any atom is 0.335 e. The number of carboxylic acids is 1. The summed E-state index contributed by atoms with van der Waals surface area (Å²) in [6.07, 6.45) is 2.06. The summed E-state index contributed by atoms with van der Waals surface area (Å²) in [5.41, 5.74) is 2.65. The van der Waals surface area contributed by atoms with Crippen LogP contribution in [-0.2, 0) is 4.74 Å². The molecule has 1 heterocycles. The van der Waals surface area contributed by atoms with Gasteiger partial charge < -0.3 is 19.5 Å².